The average molecular weight is 354 g/mol. The number of benzene rings is 1. The van der Waals surface area contributed by atoms with Crippen LogP contribution in [0.1, 0.15) is 30.6 Å². The number of H-pyrrole nitrogens is 1. The van der Waals surface area contributed by atoms with Gasteiger partial charge in [0.05, 0.1) is 25.7 Å². The summed E-state index contributed by atoms with van der Waals surface area (Å²) in [5, 5.41) is 11.2. The third-order valence-electron chi connectivity index (χ3n) is 6.17. The molecular weight excluding hydrogens is 328 g/mol. The van der Waals surface area contributed by atoms with Gasteiger partial charge < -0.3 is 14.8 Å². The van der Waals surface area contributed by atoms with Crippen molar-refractivity contribution in [3.8, 4) is 0 Å². The van der Waals surface area contributed by atoms with E-state index in [0.29, 0.717) is 0 Å². The van der Waals surface area contributed by atoms with Gasteiger partial charge in [-0.05, 0) is 37.3 Å². The Morgan fingerprint density at radius 2 is 2.27 bits per heavy atom. The van der Waals surface area contributed by atoms with Crippen LogP contribution in [0.4, 0.5) is 0 Å². The first-order chi connectivity index (χ1) is 12.7. The van der Waals surface area contributed by atoms with Crippen molar-refractivity contribution in [2.24, 2.45) is 11.8 Å². The molecule has 3 atom stereocenters. The summed E-state index contributed by atoms with van der Waals surface area (Å²) in [6.07, 6.45) is 3.96. The van der Waals surface area contributed by atoms with E-state index in [1.807, 2.05) is 6.92 Å². The quantitative estimate of drug-likeness (QED) is 0.657. The Kier molecular flexibility index (Phi) is 4.59. The highest BCUT2D eigenvalue weighted by atomic mass is 16.5. The third kappa shape index (κ3) is 2.66. The van der Waals surface area contributed by atoms with Crippen molar-refractivity contribution in [2.45, 2.75) is 25.8 Å². The van der Waals surface area contributed by atoms with Gasteiger partial charge in [0.2, 0.25) is 0 Å². The maximum Gasteiger partial charge on any atom is 0.311 e. The average Bonchev–Trinajstić information content (AvgIpc) is 3.07. The molecule has 5 nitrogen and oxygen atoms in total. The van der Waals surface area contributed by atoms with Gasteiger partial charge in [-0.1, -0.05) is 29.8 Å². The number of piperidine rings is 1. The Morgan fingerprint density at radius 1 is 1.46 bits per heavy atom. The highest BCUT2D eigenvalue weighted by molar-refractivity contribution is 5.85. The summed E-state index contributed by atoms with van der Waals surface area (Å²) in [7, 11) is 1.39. The fraction of sp³-hybridized carbons (Fsp3) is 0.476. The van der Waals surface area contributed by atoms with Crippen molar-refractivity contribution in [1.82, 2.24) is 9.88 Å². The van der Waals surface area contributed by atoms with Gasteiger partial charge in [-0.25, -0.2) is 0 Å². The molecule has 0 aliphatic carbocycles. The van der Waals surface area contributed by atoms with Crippen LogP contribution in [0.2, 0.25) is 0 Å². The Bertz CT molecular complexity index is 854. The number of hydrogen-bond donors (Lipinski definition) is 2. The van der Waals surface area contributed by atoms with E-state index in [-0.39, 0.29) is 24.5 Å². The van der Waals surface area contributed by atoms with Gasteiger partial charge in [-0.2, -0.15) is 0 Å². The molecule has 5 heteroatoms. The number of para-hydroxylation sites is 1. The molecule has 0 bridgehead atoms. The smallest absolute Gasteiger partial charge is 0.311 e. The van der Waals surface area contributed by atoms with E-state index in [9.17, 15) is 9.90 Å². The molecule has 26 heavy (non-hydrogen) atoms. The number of hydrogen-bond acceptors (Lipinski definition) is 4. The van der Waals surface area contributed by atoms with Gasteiger partial charge >= 0.3 is 5.97 Å². The third-order valence-corrected chi connectivity index (χ3v) is 6.17. The number of ether oxygens (including phenoxy) is 1. The molecule has 1 aromatic heterocycles. The molecule has 4 rings (SSSR count). The number of esters is 1. The number of methoxy groups -OCH3 is 1. The molecule has 2 aliphatic rings. The summed E-state index contributed by atoms with van der Waals surface area (Å²) in [6, 6.07) is 8.70. The number of rotatable bonds is 3. The largest absolute Gasteiger partial charge is 0.469 e. The van der Waals surface area contributed by atoms with E-state index in [1.165, 1.54) is 34.8 Å². The molecule has 2 N–H and O–H groups in total. The summed E-state index contributed by atoms with van der Waals surface area (Å²) < 4.78 is 4.96. The number of carbonyl (C=O) groups is 1. The molecule has 0 unspecified atom stereocenters. The maximum absolute atomic E-state index is 12.2. The molecule has 3 heterocycles. The summed E-state index contributed by atoms with van der Waals surface area (Å²) in [4.78, 5) is 18.3. The summed E-state index contributed by atoms with van der Waals surface area (Å²) in [5.41, 5.74) is 5.09. The predicted molar refractivity (Wildman–Crippen MR) is 101 cm³/mol. The molecular formula is C21H26N2O3. The van der Waals surface area contributed by atoms with Crippen molar-refractivity contribution in [2.75, 3.05) is 26.8 Å². The van der Waals surface area contributed by atoms with Crippen LogP contribution in [0.5, 0.6) is 0 Å². The van der Waals surface area contributed by atoms with Crippen molar-refractivity contribution >= 4 is 16.9 Å². The van der Waals surface area contributed by atoms with E-state index >= 15 is 0 Å². The monoisotopic (exact) mass is 354 g/mol. The van der Waals surface area contributed by atoms with E-state index in [0.717, 1.165) is 25.9 Å². The second-order valence-electron chi connectivity index (χ2n) is 7.32. The number of allylic oxidation sites excluding steroid dienone is 1. The Labute approximate surface area is 153 Å². The number of aliphatic hydroxyl groups excluding tert-OH is 1. The van der Waals surface area contributed by atoms with Crippen molar-refractivity contribution in [3.05, 3.63) is 47.2 Å². The van der Waals surface area contributed by atoms with Gasteiger partial charge in [-0.3, -0.25) is 9.69 Å². The lowest BCUT2D eigenvalue weighted by atomic mass is 9.75. The minimum atomic E-state index is -0.497. The first kappa shape index (κ1) is 17.3. The molecule has 2 aromatic rings. The summed E-state index contributed by atoms with van der Waals surface area (Å²) in [6.45, 7) is 3.70. The van der Waals surface area contributed by atoms with Crippen LogP contribution < -0.4 is 0 Å². The topological polar surface area (TPSA) is 65.6 Å². The second kappa shape index (κ2) is 6.89. The van der Waals surface area contributed by atoms with Crippen LogP contribution in [-0.2, 0) is 16.0 Å². The number of aromatic amines is 1. The van der Waals surface area contributed by atoms with E-state index in [4.69, 9.17) is 4.74 Å². The lowest BCUT2D eigenvalue weighted by Crippen LogP contribution is -2.45. The standard InChI is InChI=1S/C21H26N2O3/c1-3-13-11-23-9-8-15-14-6-4-5-7-18(14)22-20(15)19(23)10-16(13)17(12-24)21(25)26-2/h3-7,16-17,19,22,24H,8-12H2,1-2H3/b13-3+/t16-,17-,19-/m0/s1. The minimum absolute atomic E-state index is 0.0102. The second-order valence-corrected chi connectivity index (χ2v) is 7.32. The number of nitrogens with one attached hydrogen (secondary N) is 1. The number of aromatic nitrogens is 1. The van der Waals surface area contributed by atoms with Crippen LogP contribution >= 0.6 is 0 Å². The fourth-order valence-corrected chi connectivity index (χ4v) is 4.81. The van der Waals surface area contributed by atoms with Gasteiger partial charge in [-0.15, -0.1) is 0 Å². The van der Waals surface area contributed by atoms with E-state index in [2.05, 4.69) is 40.2 Å². The SMILES string of the molecule is C/C=C1\CN2CCc3c([nH]c4ccccc34)[C@@H]2C[C@@H]1[C@H](CO)C(=O)OC. The highest BCUT2D eigenvalue weighted by Gasteiger charge is 2.42. The first-order valence-corrected chi connectivity index (χ1v) is 9.35. The van der Waals surface area contributed by atoms with Crippen LogP contribution in [0.25, 0.3) is 10.9 Å². The number of carbonyl (C=O) groups excluding carboxylic acids is 1. The lowest BCUT2D eigenvalue weighted by molar-refractivity contribution is -0.149. The summed E-state index contributed by atoms with van der Waals surface area (Å²) >= 11 is 0. The van der Waals surface area contributed by atoms with Gasteiger partial charge in [0.15, 0.2) is 0 Å². The molecule has 1 aromatic carbocycles. The Hall–Kier alpha value is -2.11. The number of nitrogens with zero attached hydrogens (tertiary/aromatic N) is 1. The van der Waals surface area contributed by atoms with Gasteiger partial charge in [0, 0.05) is 29.7 Å². The molecule has 0 amide bonds. The van der Waals surface area contributed by atoms with Crippen molar-refractivity contribution < 1.29 is 14.6 Å². The predicted octanol–water partition coefficient (Wildman–Crippen LogP) is 2.81. The summed E-state index contributed by atoms with van der Waals surface area (Å²) in [5.74, 6) is -0.808. The van der Waals surface area contributed by atoms with Gasteiger partial charge in [0.1, 0.15) is 0 Å². The zero-order valence-electron chi connectivity index (χ0n) is 15.4. The first-order valence-electron chi connectivity index (χ1n) is 9.35. The molecule has 138 valence electrons. The number of aliphatic hydroxyl groups is 1. The minimum Gasteiger partial charge on any atom is -0.469 e. The molecule has 0 saturated carbocycles. The Balaban J connectivity index is 1.73. The van der Waals surface area contributed by atoms with Crippen LogP contribution in [0, 0.1) is 11.8 Å². The van der Waals surface area contributed by atoms with E-state index in [1.54, 1.807) is 0 Å². The van der Waals surface area contributed by atoms with Crippen molar-refractivity contribution in [1.29, 1.82) is 0 Å². The van der Waals surface area contributed by atoms with Crippen molar-refractivity contribution in [3.63, 3.8) is 0 Å². The molecule has 1 saturated heterocycles. The molecule has 1 fully saturated rings. The molecule has 0 spiro atoms. The molecule has 2 aliphatic heterocycles. The number of fused-ring (bicyclic) bond motifs is 5. The van der Waals surface area contributed by atoms with Gasteiger partial charge in [0.25, 0.3) is 0 Å². The normalized spacial score (nSPS) is 25.7. The highest BCUT2D eigenvalue weighted by Crippen LogP contribution is 2.44. The van der Waals surface area contributed by atoms with E-state index < -0.39 is 5.92 Å². The zero-order valence-corrected chi connectivity index (χ0v) is 15.4. The van der Waals surface area contributed by atoms with Crippen LogP contribution in [-0.4, -0.2) is 47.8 Å². The van der Waals surface area contributed by atoms with Crippen LogP contribution in [0.3, 0.4) is 0 Å². The lowest BCUT2D eigenvalue weighted by Gasteiger charge is -2.45. The maximum atomic E-state index is 12.2. The fourth-order valence-electron chi connectivity index (χ4n) is 4.81. The van der Waals surface area contributed by atoms with Crippen LogP contribution in [0.15, 0.2) is 35.9 Å². The Morgan fingerprint density at radius 3 is 3.00 bits per heavy atom. The molecule has 0 radical (unpaired) electrons. The zero-order chi connectivity index (χ0) is 18.3.